The summed E-state index contributed by atoms with van der Waals surface area (Å²) in [4.78, 5) is 9.25. The molecule has 0 bridgehead atoms. The highest BCUT2D eigenvalue weighted by Gasteiger charge is 2.22. The largest absolute Gasteiger partial charge is 0.478 e. The van der Waals surface area contributed by atoms with Gasteiger partial charge in [0, 0.05) is 4.47 Å². The molecule has 0 spiro atoms. The molecule has 82 valence electrons. The fourth-order valence-corrected chi connectivity index (χ4v) is 1.92. The first-order chi connectivity index (χ1) is 6.73. The summed E-state index contributed by atoms with van der Waals surface area (Å²) in [7, 11) is -5.27. The number of rotatable bonds is 2. The third-order valence-electron chi connectivity index (χ3n) is 1.51. The first kappa shape index (κ1) is 12.1. The van der Waals surface area contributed by atoms with Crippen molar-refractivity contribution in [1.82, 2.24) is 0 Å². The Morgan fingerprint density at radius 2 is 1.93 bits per heavy atom. The second kappa shape index (κ2) is 3.86. The molecule has 1 N–H and O–H groups in total. The molecule has 0 saturated carbocycles. The highest BCUT2D eigenvalue weighted by Crippen LogP contribution is 2.25. The van der Waals surface area contributed by atoms with Gasteiger partial charge >= 0.3 is 16.2 Å². The van der Waals surface area contributed by atoms with E-state index in [0.717, 1.165) is 0 Å². The van der Waals surface area contributed by atoms with Crippen LogP contribution in [0.4, 0.5) is 8.28 Å². The lowest BCUT2D eigenvalue weighted by atomic mass is 10.2. The highest BCUT2D eigenvalue weighted by atomic mass is 79.9. The van der Waals surface area contributed by atoms with Crippen molar-refractivity contribution in [3.8, 4) is 0 Å². The minimum atomic E-state index is -5.27. The van der Waals surface area contributed by atoms with Gasteiger partial charge in [-0.1, -0.05) is 0 Å². The van der Waals surface area contributed by atoms with E-state index in [1.165, 1.54) is 0 Å². The summed E-state index contributed by atoms with van der Waals surface area (Å²) in [6.07, 6.45) is 0. The lowest BCUT2D eigenvalue weighted by Gasteiger charge is -2.02. The van der Waals surface area contributed by atoms with Crippen LogP contribution < -0.4 is 0 Å². The van der Waals surface area contributed by atoms with Crippen molar-refractivity contribution in [2.45, 2.75) is 4.90 Å². The smallest absolute Gasteiger partial charge is 0.336 e. The van der Waals surface area contributed by atoms with Gasteiger partial charge in [0.15, 0.2) is 0 Å². The van der Waals surface area contributed by atoms with Crippen LogP contribution >= 0.6 is 15.9 Å². The molecule has 0 aliphatic rings. The fraction of sp³-hybridized carbons (Fsp3) is 0. The molecule has 0 aliphatic carbocycles. The third kappa shape index (κ3) is 2.51. The van der Waals surface area contributed by atoms with Crippen LogP contribution in [0.3, 0.4) is 0 Å². The number of aromatic carboxylic acids is 1. The van der Waals surface area contributed by atoms with Crippen LogP contribution in [0, 0.1) is 5.82 Å². The lowest BCUT2D eigenvalue weighted by molar-refractivity contribution is 0.0695. The Balaban J connectivity index is 3.58. The zero-order valence-corrected chi connectivity index (χ0v) is 9.27. The molecule has 1 aromatic rings. The third-order valence-corrected chi connectivity index (χ3v) is 3.01. The van der Waals surface area contributed by atoms with Crippen LogP contribution in [-0.4, -0.2) is 19.5 Å². The summed E-state index contributed by atoms with van der Waals surface area (Å²) in [5.41, 5.74) is -0.535. The quantitative estimate of drug-likeness (QED) is 0.847. The molecular formula is C7H3BrF2O4S. The maximum atomic E-state index is 12.9. The zero-order chi connectivity index (χ0) is 11.8. The maximum Gasteiger partial charge on any atom is 0.336 e. The molecule has 0 fully saturated rings. The van der Waals surface area contributed by atoms with E-state index in [-0.39, 0.29) is 4.47 Å². The van der Waals surface area contributed by atoms with E-state index >= 15 is 0 Å². The summed E-state index contributed by atoms with van der Waals surface area (Å²) in [6.45, 7) is 0. The van der Waals surface area contributed by atoms with Crippen molar-refractivity contribution in [2.24, 2.45) is 0 Å². The van der Waals surface area contributed by atoms with Gasteiger partial charge in [-0.2, -0.15) is 8.42 Å². The second-order valence-corrected chi connectivity index (χ2v) is 4.68. The van der Waals surface area contributed by atoms with Gasteiger partial charge in [-0.3, -0.25) is 0 Å². The number of hydrogen-bond donors (Lipinski definition) is 1. The van der Waals surface area contributed by atoms with Gasteiger partial charge in [-0.25, -0.2) is 9.18 Å². The molecule has 0 amide bonds. The summed E-state index contributed by atoms with van der Waals surface area (Å²) in [5, 5.41) is 8.58. The van der Waals surface area contributed by atoms with Crippen molar-refractivity contribution in [1.29, 1.82) is 0 Å². The van der Waals surface area contributed by atoms with E-state index < -0.39 is 32.5 Å². The van der Waals surface area contributed by atoms with Gasteiger partial charge in [-0.05, 0) is 28.1 Å². The van der Waals surface area contributed by atoms with Crippen LogP contribution in [0.25, 0.3) is 0 Å². The summed E-state index contributed by atoms with van der Waals surface area (Å²) < 4.78 is 46.1. The molecule has 0 aliphatic heterocycles. The molecule has 0 atom stereocenters. The average Bonchev–Trinajstić information content (AvgIpc) is 2.00. The maximum absolute atomic E-state index is 12.9. The zero-order valence-electron chi connectivity index (χ0n) is 6.87. The van der Waals surface area contributed by atoms with Crippen molar-refractivity contribution in [3.63, 3.8) is 0 Å². The predicted octanol–water partition coefficient (Wildman–Crippen LogP) is 1.94. The fourth-order valence-electron chi connectivity index (χ4n) is 0.880. The van der Waals surface area contributed by atoms with E-state index in [4.69, 9.17) is 5.11 Å². The molecule has 1 aromatic carbocycles. The monoisotopic (exact) mass is 300 g/mol. The molecule has 4 nitrogen and oxygen atoms in total. The average molecular weight is 301 g/mol. The Kier molecular flexibility index (Phi) is 3.10. The molecule has 0 radical (unpaired) electrons. The van der Waals surface area contributed by atoms with Crippen LogP contribution in [0.1, 0.15) is 10.4 Å². The topological polar surface area (TPSA) is 71.4 Å². The lowest BCUT2D eigenvalue weighted by Crippen LogP contribution is -2.03. The normalized spacial score (nSPS) is 11.4. The Morgan fingerprint density at radius 3 is 2.33 bits per heavy atom. The minimum Gasteiger partial charge on any atom is -0.478 e. The van der Waals surface area contributed by atoms with Gasteiger partial charge in [0.05, 0.1) is 5.56 Å². The minimum absolute atomic E-state index is 0.167. The first-order valence-corrected chi connectivity index (χ1v) is 5.58. The van der Waals surface area contributed by atoms with E-state index in [0.29, 0.717) is 12.1 Å². The van der Waals surface area contributed by atoms with Crippen molar-refractivity contribution >= 4 is 32.1 Å². The molecule has 0 unspecified atom stereocenters. The molecule has 15 heavy (non-hydrogen) atoms. The van der Waals surface area contributed by atoms with Gasteiger partial charge in [-0.15, -0.1) is 3.89 Å². The number of halogens is 3. The summed E-state index contributed by atoms with van der Waals surface area (Å²) in [6, 6.07) is 0.993. The Bertz CT molecular complexity index is 526. The van der Waals surface area contributed by atoms with Crippen LogP contribution in [0.15, 0.2) is 21.5 Å². The SMILES string of the molecule is O=C(O)c1cc(S(=O)(=O)F)c(F)cc1Br. The van der Waals surface area contributed by atoms with Crippen LogP contribution in [0.2, 0.25) is 0 Å². The molecule has 0 heterocycles. The van der Waals surface area contributed by atoms with Crippen molar-refractivity contribution in [3.05, 3.63) is 28.0 Å². The van der Waals surface area contributed by atoms with Crippen LogP contribution in [0.5, 0.6) is 0 Å². The Labute approximate surface area is 91.9 Å². The number of carboxylic acids is 1. The molecule has 1 rings (SSSR count). The van der Waals surface area contributed by atoms with Gasteiger partial charge < -0.3 is 5.11 Å². The Morgan fingerprint density at radius 1 is 1.40 bits per heavy atom. The summed E-state index contributed by atoms with van der Waals surface area (Å²) >= 11 is 2.71. The van der Waals surface area contributed by atoms with Crippen molar-refractivity contribution < 1.29 is 26.6 Å². The van der Waals surface area contributed by atoms with Crippen molar-refractivity contribution in [2.75, 3.05) is 0 Å². The number of carbonyl (C=O) groups is 1. The van der Waals surface area contributed by atoms with E-state index in [2.05, 4.69) is 15.9 Å². The first-order valence-electron chi connectivity index (χ1n) is 3.40. The number of hydrogen-bond acceptors (Lipinski definition) is 3. The van der Waals surface area contributed by atoms with E-state index in [9.17, 15) is 21.5 Å². The van der Waals surface area contributed by atoms with Gasteiger partial charge in [0.25, 0.3) is 0 Å². The number of benzene rings is 1. The molecular weight excluding hydrogens is 298 g/mol. The highest BCUT2D eigenvalue weighted by molar-refractivity contribution is 9.10. The van der Waals surface area contributed by atoms with Crippen LogP contribution in [-0.2, 0) is 10.2 Å². The molecule has 0 aromatic heterocycles. The molecule has 0 saturated heterocycles. The molecule has 8 heteroatoms. The van der Waals surface area contributed by atoms with Gasteiger partial charge in [0.1, 0.15) is 10.7 Å². The van der Waals surface area contributed by atoms with E-state index in [1.807, 2.05) is 0 Å². The Hall–Kier alpha value is -1.02. The standard InChI is InChI=1S/C7H3BrF2O4S/c8-4-2-5(9)6(15(10,13)14)1-3(4)7(11)12/h1-2H,(H,11,12). The van der Waals surface area contributed by atoms with Gasteiger partial charge in [0.2, 0.25) is 0 Å². The summed E-state index contributed by atoms with van der Waals surface area (Å²) in [5.74, 6) is -2.85. The van der Waals surface area contributed by atoms with E-state index in [1.54, 1.807) is 0 Å². The number of carboxylic acid groups (broad SMARTS) is 1. The predicted molar refractivity (Wildman–Crippen MR) is 49.4 cm³/mol. The second-order valence-electron chi connectivity index (χ2n) is 2.51.